The molecule has 2 fully saturated rings. The van der Waals surface area contributed by atoms with Crippen LogP contribution in [0.4, 0.5) is 4.79 Å². The zero-order chi connectivity index (χ0) is 17.3. The molecule has 7 nitrogen and oxygen atoms in total. The second-order valence-electron chi connectivity index (χ2n) is 7.66. The molecule has 0 spiro atoms. The van der Waals surface area contributed by atoms with Gasteiger partial charge in [-0.2, -0.15) is 0 Å². The van der Waals surface area contributed by atoms with Gasteiger partial charge >= 0.3 is 12.1 Å². The van der Waals surface area contributed by atoms with E-state index in [4.69, 9.17) is 9.84 Å². The molecular weight excluding hydrogens is 300 g/mol. The first kappa shape index (κ1) is 18.0. The van der Waals surface area contributed by atoms with E-state index >= 15 is 0 Å². The Morgan fingerprint density at radius 1 is 1.17 bits per heavy atom. The second-order valence-corrected chi connectivity index (χ2v) is 7.66. The number of aliphatic hydroxyl groups is 1. The van der Waals surface area contributed by atoms with Crippen molar-refractivity contribution in [3.8, 4) is 0 Å². The predicted molar refractivity (Wildman–Crippen MR) is 84.2 cm³/mol. The van der Waals surface area contributed by atoms with Gasteiger partial charge in [0.1, 0.15) is 5.60 Å². The molecule has 2 N–H and O–H groups in total. The zero-order valence-corrected chi connectivity index (χ0v) is 14.2. The van der Waals surface area contributed by atoms with Crippen LogP contribution in [0.2, 0.25) is 0 Å². The molecule has 0 radical (unpaired) electrons. The van der Waals surface area contributed by atoms with Crippen LogP contribution >= 0.6 is 0 Å². The molecule has 2 aliphatic rings. The lowest BCUT2D eigenvalue weighted by atomic mass is 9.94. The summed E-state index contributed by atoms with van der Waals surface area (Å²) in [6, 6.07) is 0. The Morgan fingerprint density at radius 3 is 2.17 bits per heavy atom. The van der Waals surface area contributed by atoms with Crippen molar-refractivity contribution in [3.63, 3.8) is 0 Å². The Kier molecular flexibility index (Phi) is 5.20. The van der Waals surface area contributed by atoms with E-state index in [2.05, 4.69) is 4.90 Å². The number of carboxylic acids is 1. The quantitative estimate of drug-likeness (QED) is 0.787. The van der Waals surface area contributed by atoms with Crippen LogP contribution in [-0.4, -0.2) is 76.5 Å². The fraction of sp³-hybridized carbons (Fsp3) is 0.875. The summed E-state index contributed by atoms with van der Waals surface area (Å²) in [7, 11) is 0. The maximum absolute atomic E-state index is 12.0. The summed E-state index contributed by atoms with van der Waals surface area (Å²) in [5.41, 5.74) is -0.923. The van der Waals surface area contributed by atoms with E-state index in [0.717, 1.165) is 32.5 Å². The predicted octanol–water partition coefficient (Wildman–Crippen LogP) is 1.15. The second kappa shape index (κ2) is 6.65. The first-order valence-corrected chi connectivity index (χ1v) is 8.24. The number of nitrogens with zero attached hydrogens (tertiary/aromatic N) is 2. The Labute approximate surface area is 137 Å². The van der Waals surface area contributed by atoms with Gasteiger partial charge in [0, 0.05) is 31.6 Å². The van der Waals surface area contributed by atoms with Gasteiger partial charge in [0.25, 0.3) is 0 Å². The van der Waals surface area contributed by atoms with Crippen LogP contribution in [-0.2, 0) is 9.53 Å². The fourth-order valence-corrected chi connectivity index (χ4v) is 2.94. The van der Waals surface area contributed by atoms with Gasteiger partial charge in [-0.25, -0.2) is 9.59 Å². The summed E-state index contributed by atoms with van der Waals surface area (Å²) < 4.78 is 5.36. The van der Waals surface area contributed by atoms with Crippen molar-refractivity contribution < 1.29 is 24.5 Å². The van der Waals surface area contributed by atoms with E-state index in [-0.39, 0.29) is 6.09 Å². The molecule has 1 saturated heterocycles. The minimum absolute atomic E-state index is 0.280. The SMILES string of the molecule is CC(C)(C)OC(=O)N1CCN(CCC2(C(O)C(=O)O)CC2)CC1. The summed E-state index contributed by atoms with van der Waals surface area (Å²) in [4.78, 5) is 26.9. The number of carboxylic acid groups (broad SMARTS) is 1. The van der Waals surface area contributed by atoms with Crippen molar-refractivity contribution >= 4 is 12.1 Å². The average Bonchev–Trinajstić information content (AvgIpc) is 3.24. The minimum atomic E-state index is -1.26. The highest BCUT2D eigenvalue weighted by molar-refractivity contribution is 5.73. The van der Waals surface area contributed by atoms with Gasteiger partial charge < -0.3 is 19.8 Å². The van der Waals surface area contributed by atoms with Crippen LogP contribution in [0.5, 0.6) is 0 Å². The van der Waals surface area contributed by atoms with Crippen molar-refractivity contribution in [3.05, 3.63) is 0 Å². The number of hydrogen-bond donors (Lipinski definition) is 2. The summed E-state index contributed by atoms with van der Waals surface area (Å²) in [5, 5.41) is 18.7. The third-order valence-corrected chi connectivity index (χ3v) is 4.66. The zero-order valence-electron chi connectivity index (χ0n) is 14.2. The summed E-state index contributed by atoms with van der Waals surface area (Å²) in [6.07, 6.45) is 0.700. The highest BCUT2D eigenvalue weighted by Crippen LogP contribution is 2.51. The highest BCUT2D eigenvalue weighted by Gasteiger charge is 2.51. The number of aliphatic carboxylic acids is 1. The van der Waals surface area contributed by atoms with Gasteiger partial charge in [-0.15, -0.1) is 0 Å². The lowest BCUT2D eigenvalue weighted by molar-refractivity contribution is -0.151. The third kappa shape index (κ3) is 4.81. The number of piperazine rings is 1. The lowest BCUT2D eigenvalue weighted by Crippen LogP contribution is -2.50. The molecule has 2 rings (SSSR count). The fourth-order valence-electron chi connectivity index (χ4n) is 2.94. The van der Waals surface area contributed by atoms with Crippen molar-refractivity contribution in [1.82, 2.24) is 9.80 Å². The standard InChI is InChI=1S/C16H28N2O5/c1-15(2,3)23-14(22)18-10-8-17(9-11-18)7-6-16(4-5-16)12(19)13(20)21/h12,19H,4-11H2,1-3H3,(H,20,21). The van der Waals surface area contributed by atoms with Gasteiger partial charge in [0.15, 0.2) is 6.10 Å². The van der Waals surface area contributed by atoms with E-state index in [1.54, 1.807) is 4.90 Å². The molecule has 23 heavy (non-hydrogen) atoms. The highest BCUT2D eigenvalue weighted by atomic mass is 16.6. The summed E-state index contributed by atoms with van der Waals surface area (Å²) in [6.45, 7) is 9.04. The molecule has 7 heteroatoms. The molecule has 1 atom stereocenters. The van der Waals surface area contributed by atoms with E-state index in [0.29, 0.717) is 19.5 Å². The van der Waals surface area contributed by atoms with Crippen molar-refractivity contribution in [2.75, 3.05) is 32.7 Å². The van der Waals surface area contributed by atoms with Crippen LogP contribution < -0.4 is 0 Å². The van der Waals surface area contributed by atoms with Crippen LogP contribution in [0.25, 0.3) is 0 Å². The van der Waals surface area contributed by atoms with Crippen molar-refractivity contribution in [2.24, 2.45) is 5.41 Å². The number of ether oxygens (including phenoxy) is 1. The Bertz CT molecular complexity index is 448. The van der Waals surface area contributed by atoms with Gasteiger partial charge in [-0.05, 0) is 46.6 Å². The molecular formula is C16H28N2O5. The molecule has 1 saturated carbocycles. The third-order valence-electron chi connectivity index (χ3n) is 4.66. The molecule has 1 heterocycles. The average molecular weight is 328 g/mol. The number of aliphatic hydroxyl groups excluding tert-OH is 1. The van der Waals surface area contributed by atoms with Crippen LogP contribution in [0, 0.1) is 5.41 Å². The van der Waals surface area contributed by atoms with Crippen molar-refractivity contribution in [1.29, 1.82) is 0 Å². The van der Waals surface area contributed by atoms with Gasteiger partial charge in [0.2, 0.25) is 0 Å². The maximum Gasteiger partial charge on any atom is 0.410 e. The molecule has 0 aromatic heterocycles. The lowest BCUT2D eigenvalue weighted by Gasteiger charge is -2.36. The van der Waals surface area contributed by atoms with E-state index < -0.39 is 23.1 Å². The van der Waals surface area contributed by atoms with E-state index in [9.17, 15) is 14.7 Å². The largest absolute Gasteiger partial charge is 0.479 e. The molecule has 132 valence electrons. The summed E-state index contributed by atoms with van der Waals surface area (Å²) in [5.74, 6) is -1.13. The van der Waals surface area contributed by atoms with Gasteiger partial charge in [-0.3, -0.25) is 4.90 Å². The number of hydrogen-bond acceptors (Lipinski definition) is 5. The van der Waals surface area contributed by atoms with Crippen LogP contribution in [0.15, 0.2) is 0 Å². The van der Waals surface area contributed by atoms with Gasteiger partial charge in [-0.1, -0.05) is 0 Å². The maximum atomic E-state index is 12.0. The summed E-state index contributed by atoms with van der Waals surface area (Å²) >= 11 is 0. The molecule has 1 unspecified atom stereocenters. The van der Waals surface area contributed by atoms with Crippen LogP contribution in [0.1, 0.15) is 40.0 Å². The normalized spacial score (nSPS) is 22.5. The number of carbonyl (C=O) groups is 2. The molecule has 1 aliphatic heterocycles. The smallest absolute Gasteiger partial charge is 0.410 e. The Morgan fingerprint density at radius 2 is 1.74 bits per heavy atom. The van der Waals surface area contributed by atoms with E-state index in [1.165, 1.54) is 0 Å². The molecule has 1 aliphatic carbocycles. The monoisotopic (exact) mass is 328 g/mol. The first-order chi connectivity index (χ1) is 10.6. The van der Waals surface area contributed by atoms with Crippen LogP contribution in [0.3, 0.4) is 0 Å². The number of rotatable bonds is 5. The Balaban J connectivity index is 1.73. The molecule has 1 amide bonds. The Hall–Kier alpha value is -1.34. The molecule has 0 aromatic carbocycles. The van der Waals surface area contributed by atoms with Gasteiger partial charge in [0.05, 0.1) is 0 Å². The van der Waals surface area contributed by atoms with Crippen molar-refractivity contribution in [2.45, 2.75) is 51.7 Å². The number of carbonyl (C=O) groups excluding carboxylic acids is 1. The first-order valence-electron chi connectivity index (χ1n) is 8.24. The molecule has 0 aromatic rings. The molecule has 0 bridgehead atoms. The minimum Gasteiger partial charge on any atom is -0.479 e. The van der Waals surface area contributed by atoms with E-state index in [1.807, 2.05) is 20.8 Å². The number of amides is 1. The topological polar surface area (TPSA) is 90.3 Å².